The van der Waals surface area contributed by atoms with Crippen molar-refractivity contribution < 1.29 is 4.79 Å². The number of halogens is 1. The lowest BCUT2D eigenvalue weighted by Crippen LogP contribution is -2.17. The van der Waals surface area contributed by atoms with Gasteiger partial charge < -0.3 is 0 Å². The number of carbonyl (C=O) groups is 1. The predicted octanol–water partition coefficient (Wildman–Crippen LogP) is 3.78. The quantitative estimate of drug-likeness (QED) is 0.679. The topological polar surface area (TPSA) is 41.5 Å². The summed E-state index contributed by atoms with van der Waals surface area (Å²) in [5, 5.41) is 6.36. The molecular formula is C14H13ClN2OS. The highest BCUT2D eigenvalue weighted by molar-refractivity contribution is 7.10. The molecule has 0 saturated heterocycles. The number of benzene rings is 1. The van der Waals surface area contributed by atoms with Gasteiger partial charge >= 0.3 is 0 Å². The van der Waals surface area contributed by atoms with E-state index < -0.39 is 0 Å². The van der Waals surface area contributed by atoms with E-state index in [1.165, 1.54) is 6.21 Å². The molecule has 1 aromatic carbocycles. The van der Waals surface area contributed by atoms with Crippen molar-refractivity contribution >= 4 is 35.1 Å². The molecule has 0 bridgehead atoms. The summed E-state index contributed by atoms with van der Waals surface area (Å²) in [5.74, 6) is -0.204. The molecule has 1 heterocycles. The first-order valence-corrected chi connectivity index (χ1v) is 6.98. The molecule has 1 amide bonds. The molecule has 1 aromatic heterocycles. The highest BCUT2D eigenvalue weighted by atomic mass is 35.5. The number of hydrogen-bond acceptors (Lipinski definition) is 3. The maximum Gasteiger partial charge on any atom is 0.272 e. The average Bonchev–Trinajstić information content (AvgIpc) is 2.72. The molecule has 0 saturated carbocycles. The van der Waals surface area contributed by atoms with Crippen LogP contribution in [-0.2, 0) is 0 Å². The Morgan fingerprint density at radius 1 is 1.37 bits per heavy atom. The Labute approximate surface area is 120 Å². The standard InChI is InChI=1S/C14H13ClN2OS/c1-9-10(2)19-8-12(9)14(18)17-16-7-11-5-3-4-6-13(11)15/h3-8H,1-2H3,(H,17,18). The molecule has 3 nitrogen and oxygen atoms in total. The molecule has 0 aliphatic carbocycles. The summed E-state index contributed by atoms with van der Waals surface area (Å²) < 4.78 is 0. The molecule has 0 unspecified atom stereocenters. The van der Waals surface area contributed by atoms with Crippen LogP contribution in [0.25, 0.3) is 0 Å². The van der Waals surface area contributed by atoms with Gasteiger partial charge in [0.25, 0.3) is 5.91 Å². The van der Waals surface area contributed by atoms with Crippen LogP contribution in [0.2, 0.25) is 5.02 Å². The normalized spacial score (nSPS) is 10.9. The average molecular weight is 293 g/mol. The fourth-order valence-electron chi connectivity index (χ4n) is 1.54. The van der Waals surface area contributed by atoms with E-state index in [0.717, 1.165) is 16.0 Å². The van der Waals surface area contributed by atoms with Crippen LogP contribution in [0.5, 0.6) is 0 Å². The number of aryl methyl sites for hydroxylation is 1. The third-order valence-electron chi connectivity index (χ3n) is 2.81. The van der Waals surface area contributed by atoms with Gasteiger partial charge in [-0.15, -0.1) is 11.3 Å². The van der Waals surface area contributed by atoms with Gasteiger partial charge in [0.2, 0.25) is 0 Å². The van der Waals surface area contributed by atoms with Gasteiger partial charge in [0.05, 0.1) is 11.8 Å². The molecule has 0 fully saturated rings. The van der Waals surface area contributed by atoms with Crippen molar-refractivity contribution in [3.05, 3.63) is 56.2 Å². The summed E-state index contributed by atoms with van der Waals surface area (Å²) in [5.41, 5.74) is 4.94. The summed E-state index contributed by atoms with van der Waals surface area (Å²) in [6.07, 6.45) is 1.54. The van der Waals surface area contributed by atoms with Gasteiger partial charge in [0.1, 0.15) is 0 Å². The van der Waals surface area contributed by atoms with E-state index in [0.29, 0.717) is 10.6 Å². The van der Waals surface area contributed by atoms with E-state index in [2.05, 4.69) is 10.5 Å². The maximum atomic E-state index is 11.9. The second-order valence-corrected chi connectivity index (χ2v) is 5.54. The zero-order valence-corrected chi connectivity index (χ0v) is 12.2. The maximum absolute atomic E-state index is 11.9. The Hall–Kier alpha value is -1.65. The van der Waals surface area contributed by atoms with Gasteiger partial charge in [-0.05, 0) is 25.5 Å². The van der Waals surface area contributed by atoms with Gasteiger partial charge in [-0.25, -0.2) is 5.43 Å². The Morgan fingerprint density at radius 3 is 2.74 bits per heavy atom. The molecule has 19 heavy (non-hydrogen) atoms. The van der Waals surface area contributed by atoms with Gasteiger partial charge in [-0.1, -0.05) is 29.8 Å². The van der Waals surface area contributed by atoms with Crippen molar-refractivity contribution in [2.45, 2.75) is 13.8 Å². The van der Waals surface area contributed by atoms with Gasteiger partial charge in [0.15, 0.2) is 0 Å². The van der Waals surface area contributed by atoms with Crippen LogP contribution >= 0.6 is 22.9 Å². The Balaban J connectivity index is 2.05. The predicted molar refractivity (Wildman–Crippen MR) is 80.3 cm³/mol. The number of nitrogens with one attached hydrogen (secondary N) is 1. The van der Waals surface area contributed by atoms with E-state index in [1.807, 2.05) is 37.4 Å². The number of carbonyl (C=O) groups excluding carboxylic acids is 1. The van der Waals surface area contributed by atoms with E-state index in [4.69, 9.17) is 11.6 Å². The smallest absolute Gasteiger partial charge is 0.267 e. The molecule has 0 aliphatic heterocycles. The monoisotopic (exact) mass is 292 g/mol. The molecule has 0 spiro atoms. The zero-order valence-electron chi connectivity index (χ0n) is 10.6. The summed E-state index contributed by atoms with van der Waals surface area (Å²) in [6, 6.07) is 7.31. The van der Waals surface area contributed by atoms with E-state index in [1.54, 1.807) is 17.4 Å². The lowest BCUT2D eigenvalue weighted by atomic mass is 10.2. The van der Waals surface area contributed by atoms with Crippen LogP contribution in [-0.4, -0.2) is 12.1 Å². The molecule has 0 atom stereocenters. The van der Waals surface area contributed by atoms with Crippen LogP contribution in [0.3, 0.4) is 0 Å². The first-order chi connectivity index (χ1) is 9.09. The lowest BCUT2D eigenvalue weighted by molar-refractivity contribution is 0.0955. The van der Waals surface area contributed by atoms with Crippen molar-refractivity contribution in [1.29, 1.82) is 0 Å². The van der Waals surface area contributed by atoms with Gasteiger partial charge in [-0.2, -0.15) is 5.10 Å². The number of nitrogens with zero attached hydrogens (tertiary/aromatic N) is 1. The Kier molecular flexibility index (Phi) is 4.35. The van der Waals surface area contributed by atoms with Crippen molar-refractivity contribution in [1.82, 2.24) is 5.43 Å². The van der Waals surface area contributed by atoms with Gasteiger partial charge in [-0.3, -0.25) is 4.79 Å². The molecule has 5 heteroatoms. The van der Waals surface area contributed by atoms with Crippen LogP contribution in [0.1, 0.15) is 26.4 Å². The number of amides is 1. The summed E-state index contributed by atoms with van der Waals surface area (Å²) in [6.45, 7) is 3.92. The second-order valence-electron chi connectivity index (χ2n) is 4.05. The number of thiophene rings is 1. The first kappa shape index (κ1) is 13.8. The minimum absolute atomic E-state index is 0.204. The summed E-state index contributed by atoms with van der Waals surface area (Å²) >= 11 is 7.54. The zero-order chi connectivity index (χ0) is 13.8. The van der Waals surface area contributed by atoms with Crippen LogP contribution in [0.4, 0.5) is 0 Å². The lowest BCUT2D eigenvalue weighted by Gasteiger charge is -2.00. The molecule has 0 radical (unpaired) electrons. The summed E-state index contributed by atoms with van der Waals surface area (Å²) in [4.78, 5) is 13.0. The SMILES string of the molecule is Cc1scc(C(=O)NN=Cc2ccccc2Cl)c1C. The van der Waals surface area contributed by atoms with Crippen molar-refractivity contribution in [3.63, 3.8) is 0 Å². The first-order valence-electron chi connectivity index (χ1n) is 5.72. The van der Waals surface area contributed by atoms with Crippen molar-refractivity contribution in [3.8, 4) is 0 Å². The third-order valence-corrected chi connectivity index (χ3v) is 4.16. The largest absolute Gasteiger partial charge is 0.272 e. The number of hydrazone groups is 1. The Morgan fingerprint density at radius 2 is 2.11 bits per heavy atom. The summed E-state index contributed by atoms with van der Waals surface area (Å²) in [7, 11) is 0. The third kappa shape index (κ3) is 3.22. The van der Waals surface area contributed by atoms with E-state index in [-0.39, 0.29) is 5.91 Å². The second kappa shape index (κ2) is 5.99. The molecule has 98 valence electrons. The van der Waals surface area contributed by atoms with Crippen molar-refractivity contribution in [2.24, 2.45) is 5.10 Å². The van der Waals surface area contributed by atoms with Crippen molar-refractivity contribution in [2.75, 3.05) is 0 Å². The van der Waals surface area contributed by atoms with Crippen LogP contribution in [0.15, 0.2) is 34.7 Å². The van der Waals surface area contributed by atoms with E-state index in [9.17, 15) is 4.79 Å². The Bertz CT molecular complexity index is 634. The van der Waals surface area contributed by atoms with Gasteiger partial charge in [0, 0.05) is 20.8 Å². The molecule has 2 rings (SSSR count). The highest BCUT2D eigenvalue weighted by Gasteiger charge is 2.11. The number of rotatable bonds is 3. The van der Waals surface area contributed by atoms with E-state index >= 15 is 0 Å². The molecule has 0 aliphatic rings. The fraction of sp³-hybridized carbons (Fsp3) is 0.143. The van der Waals surface area contributed by atoms with Crippen LogP contribution < -0.4 is 5.43 Å². The number of hydrogen-bond donors (Lipinski definition) is 1. The highest BCUT2D eigenvalue weighted by Crippen LogP contribution is 2.20. The minimum atomic E-state index is -0.204. The molecular weight excluding hydrogens is 280 g/mol. The fourth-order valence-corrected chi connectivity index (χ4v) is 2.59. The minimum Gasteiger partial charge on any atom is -0.267 e. The van der Waals surface area contributed by atoms with Crippen LogP contribution in [0, 0.1) is 13.8 Å². The molecule has 2 aromatic rings. The molecule has 1 N–H and O–H groups in total.